The van der Waals surface area contributed by atoms with Gasteiger partial charge in [0.25, 0.3) is 0 Å². The molecule has 0 unspecified atom stereocenters. The summed E-state index contributed by atoms with van der Waals surface area (Å²) in [6.07, 6.45) is 1.17. The normalized spacial score (nSPS) is 11.8. The van der Waals surface area contributed by atoms with Crippen molar-refractivity contribution in [2.24, 2.45) is 7.05 Å². The SMILES string of the molecule is CCCc1ccc(-c2cn(C)cc(C(F)(F)F)c2=O)c(CCC)c1. The minimum atomic E-state index is -4.65. The van der Waals surface area contributed by atoms with Crippen LogP contribution in [0.1, 0.15) is 43.4 Å². The molecule has 0 spiro atoms. The van der Waals surface area contributed by atoms with E-state index >= 15 is 0 Å². The Kier molecular flexibility index (Phi) is 5.52. The van der Waals surface area contributed by atoms with E-state index in [-0.39, 0.29) is 5.56 Å². The van der Waals surface area contributed by atoms with Crippen LogP contribution in [0, 0.1) is 0 Å². The Morgan fingerprint density at radius 2 is 1.67 bits per heavy atom. The van der Waals surface area contributed by atoms with Gasteiger partial charge in [-0.15, -0.1) is 0 Å². The zero-order valence-corrected chi connectivity index (χ0v) is 14.2. The van der Waals surface area contributed by atoms with E-state index in [2.05, 4.69) is 6.92 Å². The second-order valence-electron chi connectivity index (χ2n) is 6.07. The van der Waals surface area contributed by atoms with Crippen LogP contribution in [0.4, 0.5) is 13.2 Å². The van der Waals surface area contributed by atoms with Crippen LogP contribution in [0.2, 0.25) is 0 Å². The third-order valence-electron chi connectivity index (χ3n) is 3.98. The second kappa shape index (κ2) is 7.24. The Balaban J connectivity index is 2.67. The molecule has 0 N–H and O–H groups in total. The van der Waals surface area contributed by atoms with E-state index < -0.39 is 17.2 Å². The van der Waals surface area contributed by atoms with Crippen LogP contribution in [0.15, 0.2) is 35.4 Å². The Hall–Kier alpha value is -2.04. The third-order valence-corrected chi connectivity index (χ3v) is 3.98. The van der Waals surface area contributed by atoms with Crippen LogP contribution in [0.5, 0.6) is 0 Å². The fourth-order valence-electron chi connectivity index (χ4n) is 2.93. The molecule has 0 saturated carbocycles. The maximum absolute atomic E-state index is 13.1. The summed E-state index contributed by atoms with van der Waals surface area (Å²) in [6.45, 7) is 4.09. The van der Waals surface area contributed by atoms with Crippen molar-refractivity contribution in [1.82, 2.24) is 4.57 Å². The highest BCUT2D eigenvalue weighted by Crippen LogP contribution is 2.30. The molecule has 0 atom stereocenters. The number of halogens is 3. The average molecular weight is 337 g/mol. The Labute approximate surface area is 139 Å². The molecule has 1 aromatic heterocycles. The Morgan fingerprint density at radius 3 is 2.25 bits per heavy atom. The summed E-state index contributed by atoms with van der Waals surface area (Å²) in [5.74, 6) is 0. The van der Waals surface area contributed by atoms with Gasteiger partial charge in [-0.25, -0.2) is 0 Å². The minimum Gasteiger partial charge on any atom is -0.356 e. The molecule has 5 heteroatoms. The quantitative estimate of drug-likeness (QED) is 0.754. The van der Waals surface area contributed by atoms with Crippen LogP contribution in [-0.4, -0.2) is 4.57 Å². The smallest absolute Gasteiger partial charge is 0.356 e. The molecule has 1 heterocycles. The summed E-state index contributed by atoms with van der Waals surface area (Å²) in [5.41, 5.74) is 0.708. The second-order valence-corrected chi connectivity index (χ2v) is 6.07. The average Bonchev–Trinajstić information content (AvgIpc) is 2.49. The van der Waals surface area contributed by atoms with Crippen LogP contribution in [-0.2, 0) is 26.1 Å². The summed E-state index contributed by atoms with van der Waals surface area (Å²) in [7, 11) is 1.50. The number of hydrogen-bond donors (Lipinski definition) is 0. The first-order valence-electron chi connectivity index (χ1n) is 8.17. The largest absolute Gasteiger partial charge is 0.421 e. The van der Waals surface area contributed by atoms with Gasteiger partial charge < -0.3 is 4.57 Å². The monoisotopic (exact) mass is 337 g/mol. The van der Waals surface area contributed by atoms with Gasteiger partial charge in [0.1, 0.15) is 5.56 Å². The van der Waals surface area contributed by atoms with Crippen molar-refractivity contribution < 1.29 is 13.2 Å². The lowest BCUT2D eigenvalue weighted by Gasteiger charge is -2.15. The van der Waals surface area contributed by atoms with Crippen molar-refractivity contribution in [2.75, 3.05) is 0 Å². The highest BCUT2D eigenvalue weighted by Gasteiger charge is 2.35. The maximum atomic E-state index is 13.1. The summed E-state index contributed by atoms with van der Waals surface area (Å²) >= 11 is 0. The Morgan fingerprint density at radius 1 is 1.00 bits per heavy atom. The molecule has 130 valence electrons. The highest BCUT2D eigenvalue weighted by molar-refractivity contribution is 5.68. The number of rotatable bonds is 5. The van der Waals surface area contributed by atoms with Gasteiger partial charge in [0.05, 0.1) is 0 Å². The van der Waals surface area contributed by atoms with E-state index in [1.54, 1.807) is 6.07 Å². The molecule has 1 aromatic carbocycles. The number of benzene rings is 1. The van der Waals surface area contributed by atoms with Gasteiger partial charge in [-0.05, 0) is 29.5 Å². The number of aromatic nitrogens is 1. The summed E-state index contributed by atoms with van der Waals surface area (Å²) in [4.78, 5) is 12.4. The van der Waals surface area contributed by atoms with E-state index in [9.17, 15) is 18.0 Å². The number of nitrogens with zero attached hydrogens (tertiary/aromatic N) is 1. The molecule has 0 bridgehead atoms. The van der Waals surface area contributed by atoms with Crippen molar-refractivity contribution in [1.29, 1.82) is 0 Å². The molecular formula is C19H22F3NO. The molecule has 0 aliphatic rings. The maximum Gasteiger partial charge on any atom is 0.421 e. The van der Waals surface area contributed by atoms with Gasteiger partial charge in [-0.3, -0.25) is 4.79 Å². The van der Waals surface area contributed by atoms with E-state index in [4.69, 9.17) is 0 Å². The molecule has 0 aliphatic carbocycles. The first-order valence-corrected chi connectivity index (χ1v) is 8.17. The van der Waals surface area contributed by atoms with Crippen molar-refractivity contribution in [3.63, 3.8) is 0 Å². The van der Waals surface area contributed by atoms with Crippen LogP contribution in [0.3, 0.4) is 0 Å². The lowest BCUT2D eigenvalue weighted by atomic mass is 9.93. The molecule has 0 aliphatic heterocycles. The molecular weight excluding hydrogens is 315 g/mol. The first kappa shape index (κ1) is 18.3. The topological polar surface area (TPSA) is 22.0 Å². The van der Waals surface area contributed by atoms with Gasteiger partial charge in [0.2, 0.25) is 5.43 Å². The summed E-state index contributed by atoms with van der Waals surface area (Å²) in [6, 6.07) is 5.70. The summed E-state index contributed by atoms with van der Waals surface area (Å²) < 4.78 is 40.7. The first-order chi connectivity index (χ1) is 11.3. The van der Waals surface area contributed by atoms with Crippen molar-refractivity contribution in [3.05, 3.63) is 57.5 Å². The number of pyridine rings is 1. The van der Waals surface area contributed by atoms with E-state index in [0.717, 1.165) is 43.0 Å². The van der Waals surface area contributed by atoms with Gasteiger partial charge in [0.15, 0.2) is 0 Å². The number of hydrogen-bond acceptors (Lipinski definition) is 1. The lowest BCUT2D eigenvalue weighted by Crippen LogP contribution is -2.22. The van der Waals surface area contributed by atoms with Crippen molar-refractivity contribution in [2.45, 2.75) is 45.7 Å². The minimum absolute atomic E-state index is 0.110. The van der Waals surface area contributed by atoms with E-state index in [1.807, 2.05) is 19.1 Å². The van der Waals surface area contributed by atoms with Crippen LogP contribution < -0.4 is 5.43 Å². The van der Waals surface area contributed by atoms with Gasteiger partial charge in [-0.1, -0.05) is 44.9 Å². The van der Waals surface area contributed by atoms with Crippen molar-refractivity contribution in [3.8, 4) is 11.1 Å². The van der Waals surface area contributed by atoms with Gasteiger partial charge in [-0.2, -0.15) is 13.2 Å². The lowest BCUT2D eigenvalue weighted by molar-refractivity contribution is -0.138. The molecule has 0 saturated heterocycles. The molecule has 2 nitrogen and oxygen atoms in total. The zero-order valence-electron chi connectivity index (χ0n) is 14.2. The Bertz CT molecular complexity index is 775. The van der Waals surface area contributed by atoms with Gasteiger partial charge >= 0.3 is 6.18 Å². The molecule has 2 rings (SSSR count). The fraction of sp³-hybridized carbons (Fsp3) is 0.421. The van der Waals surface area contributed by atoms with Gasteiger partial charge in [0, 0.05) is 25.0 Å². The standard InChI is InChI=1S/C19H22F3NO/c1-4-6-13-8-9-15(14(10-13)7-5-2)16-11-23(3)12-17(18(16)24)19(20,21)22/h8-12H,4-7H2,1-3H3. The number of aryl methyl sites for hydroxylation is 3. The van der Waals surface area contributed by atoms with Crippen molar-refractivity contribution >= 4 is 0 Å². The fourth-order valence-corrected chi connectivity index (χ4v) is 2.93. The predicted octanol–water partition coefficient (Wildman–Crippen LogP) is 4.98. The number of alkyl halides is 3. The molecule has 0 radical (unpaired) electrons. The summed E-state index contributed by atoms with van der Waals surface area (Å²) in [5, 5.41) is 0. The zero-order chi connectivity index (χ0) is 17.9. The molecule has 24 heavy (non-hydrogen) atoms. The molecule has 2 aromatic rings. The highest BCUT2D eigenvalue weighted by atomic mass is 19.4. The van der Waals surface area contributed by atoms with E-state index in [1.165, 1.54) is 17.8 Å². The third kappa shape index (κ3) is 3.89. The van der Waals surface area contributed by atoms with Crippen LogP contribution >= 0.6 is 0 Å². The van der Waals surface area contributed by atoms with Crippen LogP contribution in [0.25, 0.3) is 11.1 Å². The molecule has 0 fully saturated rings. The van der Waals surface area contributed by atoms with E-state index in [0.29, 0.717) is 5.56 Å². The molecule has 0 amide bonds. The predicted molar refractivity (Wildman–Crippen MR) is 90.1 cm³/mol.